The summed E-state index contributed by atoms with van der Waals surface area (Å²) in [7, 11) is 1.64. The van der Waals surface area contributed by atoms with E-state index in [4.69, 9.17) is 20.8 Å². The number of methoxy groups -OCH3 is 1. The summed E-state index contributed by atoms with van der Waals surface area (Å²) in [6, 6.07) is 7.35. The van der Waals surface area contributed by atoms with Crippen LogP contribution in [0.4, 0.5) is 0 Å². The van der Waals surface area contributed by atoms with E-state index in [2.05, 4.69) is 4.99 Å². The molecule has 0 aliphatic rings. The number of hydrogen-bond donors (Lipinski definition) is 0. The van der Waals surface area contributed by atoms with E-state index in [1.165, 1.54) is 11.3 Å². The number of nitrogens with zero attached hydrogens (tertiary/aromatic N) is 2. The van der Waals surface area contributed by atoms with Gasteiger partial charge in [0.25, 0.3) is 5.91 Å². The van der Waals surface area contributed by atoms with Crippen LogP contribution in [0.3, 0.4) is 0 Å². The molecule has 0 radical (unpaired) electrons. The number of carbonyl (C=O) groups is 1. The van der Waals surface area contributed by atoms with Gasteiger partial charge in [-0.1, -0.05) is 22.9 Å². The third-order valence-electron chi connectivity index (χ3n) is 3.63. The lowest BCUT2D eigenvalue weighted by atomic mass is 10.2. The predicted molar refractivity (Wildman–Crippen MR) is 94.8 cm³/mol. The predicted octanol–water partition coefficient (Wildman–Crippen LogP) is 3.95. The fourth-order valence-electron chi connectivity index (χ4n) is 2.52. The molecule has 5 nitrogen and oxygen atoms in total. The van der Waals surface area contributed by atoms with Crippen LogP contribution in [-0.4, -0.2) is 24.2 Å². The van der Waals surface area contributed by atoms with Crippen molar-refractivity contribution in [2.75, 3.05) is 13.7 Å². The monoisotopic (exact) mass is 364 g/mol. The summed E-state index contributed by atoms with van der Waals surface area (Å²) >= 11 is 7.50. The van der Waals surface area contributed by atoms with Crippen LogP contribution in [0.1, 0.15) is 21.9 Å². The Morgan fingerprint density at radius 1 is 1.38 bits per heavy atom. The number of aromatic nitrogens is 1. The Morgan fingerprint density at radius 3 is 2.83 bits per heavy atom. The molecular weight excluding hydrogens is 348 g/mol. The van der Waals surface area contributed by atoms with E-state index in [1.54, 1.807) is 20.1 Å². The van der Waals surface area contributed by atoms with Gasteiger partial charge in [0.1, 0.15) is 11.5 Å². The van der Waals surface area contributed by atoms with Crippen molar-refractivity contribution in [2.24, 2.45) is 4.99 Å². The zero-order chi connectivity index (χ0) is 17.3. The van der Waals surface area contributed by atoms with Crippen molar-refractivity contribution >= 4 is 39.1 Å². The largest absolute Gasteiger partial charge is 0.466 e. The maximum Gasteiger partial charge on any atom is 0.283 e. The lowest BCUT2D eigenvalue weighted by Crippen LogP contribution is -2.19. The third kappa shape index (κ3) is 3.31. The number of furan rings is 1. The number of ether oxygens (including phenoxy) is 1. The maximum absolute atomic E-state index is 12.5. The number of hydrogen-bond acceptors (Lipinski definition) is 4. The summed E-state index contributed by atoms with van der Waals surface area (Å²) in [5, 5.41) is 0.654. The van der Waals surface area contributed by atoms with Gasteiger partial charge in [-0.05, 0) is 38.1 Å². The van der Waals surface area contributed by atoms with Gasteiger partial charge in [-0.2, -0.15) is 4.99 Å². The highest BCUT2D eigenvalue weighted by atomic mass is 35.5. The molecule has 0 saturated heterocycles. The molecule has 0 N–H and O–H groups in total. The molecule has 0 aliphatic heterocycles. The van der Waals surface area contributed by atoms with Gasteiger partial charge in [-0.25, -0.2) is 0 Å². The number of rotatable bonds is 4. The minimum atomic E-state index is -0.312. The first-order valence-electron chi connectivity index (χ1n) is 7.43. The number of halogens is 1. The molecule has 3 rings (SSSR count). The zero-order valence-corrected chi connectivity index (χ0v) is 15.2. The Bertz CT molecular complexity index is 968. The molecule has 0 bridgehead atoms. The van der Waals surface area contributed by atoms with Crippen LogP contribution in [0.2, 0.25) is 5.02 Å². The smallest absolute Gasteiger partial charge is 0.283 e. The molecule has 1 amide bonds. The van der Waals surface area contributed by atoms with Crippen LogP contribution in [0.5, 0.6) is 0 Å². The lowest BCUT2D eigenvalue weighted by Gasteiger charge is -2.04. The fourth-order valence-corrected chi connectivity index (χ4v) is 3.85. The first kappa shape index (κ1) is 17.0. The van der Waals surface area contributed by atoms with Crippen molar-refractivity contribution in [1.29, 1.82) is 0 Å². The van der Waals surface area contributed by atoms with Gasteiger partial charge in [0.2, 0.25) is 0 Å². The molecule has 0 aliphatic carbocycles. The van der Waals surface area contributed by atoms with Crippen molar-refractivity contribution in [2.45, 2.75) is 20.4 Å². The molecule has 2 heterocycles. The summed E-state index contributed by atoms with van der Waals surface area (Å²) < 4.78 is 13.5. The van der Waals surface area contributed by atoms with Crippen LogP contribution in [0, 0.1) is 13.8 Å². The van der Waals surface area contributed by atoms with Crippen molar-refractivity contribution in [3.05, 3.63) is 51.2 Å². The summed E-state index contributed by atoms with van der Waals surface area (Å²) in [5.41, 5.74) is 1.47. The van der Waals surface area contributed by atoms with Crippen molar-refractivity contribution in [3.63, 3.8) is 0 Å². The van der Waals surface area contributed by atoms with Gasteiger partial charge in [0, 0.05) is 18.7 Å². The van der Waals surface area contributed by atoms with Gasteiger partial charge >= 0.3 is 0 Å². The van der Waals surface area contributed by atoms with Crippen LogP contribution >= 0.6 is 22.9 Å². The molecule has 126 valence electrons. The van der Waals surface area contributed by atoms with Gasteiger partial charge in [-0.3, -0.25) is 4.79 Å². The average Bonchev–Trinajstić information content (AvgIpc) is 3.04. The Hall–Kier alpha value is -1.89. The molecule has 0 spiro atoms. The highest BCUT2D eigenvalue weighted by Gasteiger charge is 2.14. The van der Waals surface area contributed by atoms with E-state index < -0.39 is 0 Å². The number of fused-ring (bicyclic) bond motifs is 1. The van der Waals surface area contributed by atoms with E-state index in [9.17, 15) is 4.79 Å². The quantitative estimate of drug-likeness (QED) is 0.704. The second-order valence-corrected chi connectivity index (χ2v) is 6.83. The number of thiazole rings is 1. The Balaban J connectivity index is 2.13. The average molecular weight is 365 g/mol. The van der Waals surface area contributed by atoms with Crippen LogP contribution in [0.15, 0.2) is 33.7 Å². The Kier molecular flexibility index (Phi) is 4.89. The zero-order valence-electron chi connectivity index (χ0n) is 13.6. The normalized spacial score (nSPS) is 12.2. The second kappa shape index (κ2) is 6.93. The van der Waals surface area contributed by atoms with Crippen LogP contribution < -0.4 is 4.80 Å². The third-order valence-corrected chi connectivity index (χ3v) is 4.91. The van der Waals surface area contributed by atoms with Gasteiger partial charge < -0.3 is 13.7 Å². The molecule has 0 unspecified atom stereocenters. The Labute approximate surface area is 148 Å². The second-order valence-electron chi connectivity index (χ2n) is 5.38. The molecule has 0 saturated carbocycles. The molecule has 7 heteroatoms. The van der Waals surface area contributed by atoms with E-state index in [1.807, 2.05) is 29.7 Å². The number of carbonyl (C=O) groups excluding carboxylic acids is 1. The minimum absolute atomic E-state index is 0.312. The molecule has 3 aromatic rings. The molecule has 2 aromatic heterocycles. The van der Waals surface area contributed by atoms with E-state index in [0.29, 0.717) is 40.1 Å². The first-order chi connectivity index (χ1) is 11.5. The topological polar surface area (TPSA) is 56.7 Å². The summed E-state index contributed by atoms with van der Waals surface area (Å²) in [5.74, 6) is 0.962. The summed E-state index contributed by atoms with van der Waals surface area (Å²) in [4.78, 5) is 17.5. The lowest BCUT2D eigenvalue weighted by molar-refractivity contribution is 0.0996. The fraction of sp³-hybridized carbons (Fsp3) is 0.294. The van der Waals surface area contributed by atoms with Crippen molar-refractivity contribution in [1.82, 2.24) is 4.57 Å². The number of aryl methyl sites for hydroxylation is 2. The van der Waals surface area contributed by atoms with Gasteiger partial charge in [0.05, 0.1) is 22.4 Å². The van der Waals surface area contributed by atoms with Crippen LogP contribution in [-0.2, 0) is 11.3 Å². The van der Waals surface area contributed by atoms with E-state index >= 15 is 0 Å². The van der Waals surface area contributed by atoms with Crippen LogP contribution in [0.25, 0.3) is 10.2 Å². The van der Waals surface area contributed by atoms with Crippen molar-refractivity contribution < 1.29 is 13.9 Å². The first-order valence-corrected chi connectivity index (χ1v) is 8.63. The highest BCUT2D eigenvalue weighted by Crippen LogP contribution is 2.22. The number of amides is 1. The molecule has 0 fully saturated rings. The highest BCUT2D eigenvalue weighted by molar-refractivity contribution is 7.16. The Morgan fingerprint density at radius 2 is 2.17 bits per heavy atom. The molecule has 1 aromatic carbocycles. The summed E-state index contributed by atoms with van der Waals surface area (Å²) in [6.45, 7) is 4.71. The number of benzene rings is 1. The van der Waals surface area contributed by atoms with E-state index in [0.717, 1.165) is 10.2 Å². The van der Waals surface area contributed by atoms with E-state index in [-0.39, 0.29) is 5.91 Å². The molecule has 24 heavy (non-hydrogen) atoms. The SMILES string of the molecule is COCCn1c(=NC(=O)c2cc(C)oc2C)sc2cc(Cl)ccc21. The van der Waals surface area contributed by atoms with Gasteiger partial charge in [0.15, 0.2) is 4.80 Å². The minimum Gasteiger partial charge on any atom is -0.466 e. The summed E-state index contributed by atoms with van der Waals surface area (Å²) in [6.07, 6.45) is 0. The van der Waals surface area contributed by atoms with Gasteiger partial charge in [-0.15, -0.1) is 0 Å². The molecule has 0 atom stereocenters. The maximum atomic E-state index is 12.5. The molecular formula is C17H17ClN2O3S. The van der Waals surface area contributed by atoms with Crippen molar-refractivity contribution in [3.8, 4) is 0 Å². The standard InChI is InChI=1S/C17H17ClN2O3S/c1-10-8-13(11(2)23-10)16(21)19-17-20(6-7-22-3)14-5-4-12(18)9-15(14)24-17/h4-5,8-9H,6-7H2,1-3H3.